The maximum Gasteiger partial charge on any atom is 0.408 e. The van der Waals surface area contributed by atoms with Crippen LogP contribution in [-0.2, 0) is 44.7 Å². The number of carboxylic acid groups (broad SMARTS) is 1. The van der Waals surface area contributed by atoms with Crippen molar-refractivity contribution in [1.82, 2.24) is 36.9 Å². The number of rotatable bonds is 19. The number of para-hydroxylation sites is 1. The number of aromatic amines is 1. The minimum absolute atomic E-state index is 0.116. The Kier molecular flexibility index (Phi) is 16.4. The number of hydrogen-bond donors (Lipinski definition) is 10. The van der Waals surface area contributed by atoms with E-state index in [1.165, 1.54) is 13.8 Å². The van der Waals surface area contributed by atoms with Crippen molar-refractivity contribution in [2.45, 2.75) is 110 Å². The number of aliphatic hydroxyl groups is 1. The molecule has 2 rings (SSSR count). The summed E-state index contributed by atoms with van der Waals surface area (Å²) in [6.45, 7) is 9.94. The van der Waals surface area contributed by atoms with Gasteiger partial charge in [-0.1, -0.05) is 32.0 Å². The van der Waals surface area contributed by atoms with Crippen molar-refractivity contribution in [1.29, 1.82) is 0 Å². The van der Waals surface area contributed by atoms with E-state index in [4.69, 9.17) is 15.6 Å². The molecule has 298 valence electrons. The molecule has 54 heavy (non-hydrogen) atoms. The number of primary amides is 1. The second-order valence-corrected chi connectivity index (χ2v) is 14.1. The summed E-state index contributed by atoms with van der Waals surface area (Å²) >= 11 is 0. The Morgan fingerprint density at radius 3 is 1.98 bits per heavy atom. The van der Waals surface area contributed by atoms with Gasteiger partial charge in [-0.3, -0.25) is 33.6 Å². The molecule has 1 aromatic heterocycles. The van der Waals surface area contributed by atoms with E-state index in [0.717, 1.165) is 10.9 Å². The third kappa shape index (κ3) is 14.4. The van der Waals surface area contributed by atoms with E-state index in [0.29, 0.717) is 5.56 Å². The molecule has 6 atom stereocenters. The third-order valence-electron chi connectivity index (χ3n) is 7.89. The van der Waals surface area contributed by atoms with Crippen LogP contribution in [0.2, 0.25) is 0 Å². The van der Waals surface area contributed by atoms with Crippen LogP contribution >= 0.6 is 0 Å². The lowest BCUT2D eigenvalue weighted by Gasteiger charge is -2.28. The average Bonchev–Trinajstić information content (AvgIpc) is 3.47. The van der Waals surface area contributed by atoms with Gasteiger partial charge in [0, 0.05) is 29.9 Å². The summed E-state index contributed by atoms with van der Waals surface area (Å²) in [5.41, 5.74) is 5.74. The van der Waals surface area contributed by atoms with Gasteiger partial charge in [0.25, 0.3) is 0 Å². The fraction of sp³-hybridized carbons (Fsp3) is 0.543. The Bertz CT molecular complexity index is 1680. The number of alkyl carbamates (subject to hydrolysis) is 1. The summed E-state index contributed by atoms with van der Waals surface area (Å²) in [6, 6.07) is 0.299. The summed E-state index contributed by atoms with van der Waals surface area (Å²) < 4.78 is 5.17. The van der Waals surface area contributed by atoms with Crippen LogP contribution in [0.15, 0.2) is 30.5 Å². The molecule has 0 spiro atoms. The van der Waals surface area contributed by atoms with Crippen molar-refractivity contribution >= 4 is 58.4 Å². The number of benzene rings is 1. The lowest BCUT2D eigenvalue weighted by atomic mass is 10.0. The standard InChI is InChI=1S/C35H52N8O11/c1-17(2)27(32(51)38-16-26(46)47)42-29(48)18(3)39-31(50)24(14-20-15-37-22-11-9-8-10-21(20)22)41-30(49)23(12-13-25(36)45)40-33(52)28(19(4)44)43-34(53)54-35(5,6)7/h8-11,15,17-19,23-24,27-28,37,44H,12-14,16H2,1-7H3,(H2,36,45)(H,38,51)(H,39,50)(H,40,52)(H,41,49)(H,42,48)(H,43,53)(H,46,47)/t18-,19+,23-,24-,27-,28-/m0/s1. The lowest BCUT2D eigenvalue weighted by Crippen LogP contribution is -2.60. The highest BCUT2D eigenvalue weighted by atomic mass is 16.6. The molecule has 19 heteroatoms. The van der Waals surface area contributed by atoms with E-state index in [-0.39, 0.29) is 19.3 Å². The van der Waals surface area contributed by atoms with Crippen LogP contribution in [0.1, 0.15) is 66.9 Å². The minimum Gasteiger partial charge on any atom is -0.480 e. The molecule has 0 aliphatic heterocycles. The molecule has 0 bridgehead atoms. The van der Waals surface area contributed by atoms with Gasteiger partial charge in [0.05, 0.1) is 6.10 Å². The fourth-order valence-electron chi connectivity index (χ4n) is 5.12. The number of aromatic nitrogens is 1. The molecule has 0 saturated carbocycles. The van der Waals surface area contributed by atoms with Crippen molar-refractivity contribution in [3.8, 4) is 0 Å². The Hall–Kier alpha value is -5.72. The van der Waals surface area contributed by atoms with E-state index in [1.807, 2.05) is 0 Å². The number of carboxylic acids is 1. The van der Waals surface area contributed by atoms with Crippen molar-refractivity contribution in [2.75, 3.05) is 6.54 Å². The molecule has 0 aliphatic carbocycles. The van der Waals surface area contributed by atoms with Gasteiger partial charge in [-0.15, -0.1) is 0 Å². The molecular weight excluding hydrogens is 708 g/mol. The number of H-pyrrole nitrogens is 1. The Labute approximate surface area is 312 Å². The highest BCUT2D eigenvalue weighted by molar-refractivity contribution is 5.97. The molecule has 2 aromatic rings. The number of nitrogens with two attached hydrogens (primary N) is 1. The number of hydrogen-bond acceptors (Lipinski definition) is 10. The molecular formula is C35H52N8O11. The number of ether oxygens (including phenoxy) is 1. The number of aliphatic hydroxyl groups excluding tert-OH is 1. The Morgan fingerprint density at radius 2 is 1.41 bits per heavy atom. The summed E-state index contributed by atoms with van der Waals surface area (Å²) in [5.74, 6) is -6.83. The first kappa shape index (κ1) is 44.4. The van der Waals surface area contributed by atoms with Gasteiger partial charge in [-0.05, 0) is 58.6 Å². The first-order chi connectivity index (χ1) is 25.1. The maximum absolute atomic E-state index is 13.8. The van der Waals surface area contributed by atoms with Crippen LogP contribution in [0.25, 0.3) is 10.9 Å². The predicted octanol–water partition coefficient (Wildman–Crippen LogP) is -0.934. The van der Waals surface area contributed by atoms with E-state index in [2.05, 4.69) is 36.9 Å². The monoisotopic (exact) mass is 760 g/mol. The maximum atomic E-state index is 13.8. The number of nitrogens with one attached hydrogen (secondary N) is 7. The van der Waals surface area contributed by atoms with Gasteiger partial charge >= 0.3 is 12.1 Å². The fourth-order valence-corrected chi connectivity index (χ4v) is 5.12. The summed E-state index contributed by atoms with van der Waals surface area (Å²) in [6.07, 6.45) is -1.65. The van der Waals surface area contributed by atoms with Crippen molar-refractivity contribution < 1.29 is 53.3 Å². The quantitative estimate of drug-likeness (QED) is 0.0834. The largest absolute Gasteiger partial charge is 0.480 e. The van der Waals surface area contributed by atoms with Gasteiger partial charge in [-0.25, -0.2) is 4.79 Å². The van der Waals surface area contributed by atoms with Crippen molar-refractivity contribution in [3.05, 3.63) is 36.0 Å². The van der Waals surface area contributed by atoms with Gasteiger partial charge in [0.15, 0.2) is 0 Å². The molecule has 0 radical (unpaired) electrons. The zero-order chi connectivity index (χ0) is 40.9. The molecule has 0 saturated heterocycles. The molecule has 0 unspecified atom stereocenters. The van der Waals surface area contributed by atoms with Crippen LogP contribution in [0, 0.1) is 5.92 Å². The van der Waals surface area contributed by atoms with Crippen LogP contribution < -0.4 is 37.6 Å². The topological polar surface area (TPSA) is 300 Å². The van der Waals surface area contributed by atoms with E-state index < -0.39 is 102 Å². The van der Waals surface area contributed by atoms with Crippen LogP contribution in [0.3, 0.4) is 0 Å². The first-order valence-electron chi connectivity index (χ1n) is 17.3. The first-order valence-corrected chi connectivity index (χ1v) is 17.3. The van der Waals surface area contributed by atoms with Gasteiger partial charge in [0.1, 0.15) is 42.4 Å². The Morgan fingerprint density at radius 1 is 0.796 bits per heavy atom. The zero-order valence-corrected chi connectivity index (χ0v) is 31.4. The third-order valence-corrected chi connectivity index (χ3v) is 7.89. The molecule has 1 aromatic carbocycles. The van der Waals surface area contributed by atoms with Crippen LogP contribution in [0.5, 0.6) is 0 Å². The van der Waals surface area contributed by atoms with Gasteiger partial charge < -0.3 is 57.6 Å². The van der Waals surface area contributed by atoms with Gasteiger partial charge in [-0.2, -0.15) is 0 Å². The van der Waals surface area contributed by atoms with E-state index in [9.17, 15) is 43.5 Å². The second-order valence-electron chi connectivity index (χ2n) is 14.1. The normalized spacial score (nSPS) is 14.7. The van der Waals surface area contributed by atoms with E-state index >= 15 is 0 Å². The van der Waals surface area contributed by atoms with Crippen molar-refractivity contribution in [2.24, 2.45) is 11.7 Å². The highest BCUT2D eigenvalue weighted by Gasteiger charge is 2.34. The van der Waals surface area contributed by atoms with Crippen LogP contribution in [0.4, 0.5) is 4.79 Å². The predicted molar refractivity (Wildman–Crippen MR) is 194 cm³/mol. The molecule has 7 amide bonds. The smallest absolute Gasteiger partial charge is 0.408 e. The minimum atomic E-state index is -1.59. The molecule has 0 aliphatic rings. The van der Waals surface area contributed by atoms with Crippen molar-refractivity contribution in [3.63, 3.8) is 0 Å². The zero-order valence-electron chi connectivity index (χ0n) is 31.4. The molecule has 0 fully saturated rings. The number of aliphatic carboxylic acids is 1. The average molecular weight is 761 g/mol. The summed E-state index contributed by atoms with van der Waals surface area (Å²) in [7, 11) is 0. The molecule has 11 N–H and O–H groups in total. The molecule has 1 heterocycles. The second kappa shape index (κ2) is 19.9. The Balaban J connectivity index is 2.37. The number of carbonyl (C=O) groups is 8. The summed E-state index contributed by atoms with van der Waals surface area (Å²) in [5, 5.41) is 34.4. The molecule has 19 nitrogen and oxygen atoms in total. The van der Waals surface area contributed by atoms with Crippen LogP contribution in [-0.4, -0.2) is 111 Å². The number of fused-ring (bicyclic) bond motifs is 1. The highest BCUT2D eigenvalue weighted by Crippen LogP contribution is 2.19. The SMILES string of the molecule is CC(C)[C@H](NC(=O)[C@H](C)NC(=O)[C@H](Cc1c[nH]c2ccccc12)NC(=O)[C@H](CCC(N)=O)NC(=O)[C@@H](NC(=O)OC(C)(C)C)[C@@H](C)O)C(=O)NCC(=O)O. The van der Waals surface area contributed by atoms with E-state index in [1.54, 1.807) is 65.1 Å². The summed E-state index contributed by atoms with van der Waals surface area (Å²) in [4.78, 5) is 105. The van der Waals surface area contributed by atoms with Gasteiger partial charge in [0.2, 0.25) is 35.4 Å². The lowest BCUT2D eigenvalue weighted by molar-refractivity contribution is -0.139. The number of amides is 7. The number of carbonyl (C=O) groups excluding carboxylic acids is 7.